The molecule has 0 atom stereocenters. The predicted octanol–water partition coefficient (Wildman–Crippen LogP) is 2.24. The van der Waals surface area contributed by atoms with Crippen molar-refractivity contribution in [2.75, 3.05) is 6.54 Å². The normalized spacial score (nSPS) is 10.3. The average Bonchev–Trinajstić information content (AvgIpc) is 2.44. The van der Waals surface area contributed by atoms with E-state index >= 15 is 0 Å². The van der Waals surface area contributed by atoms with Crippen molar-refractivity contribution < 1.29 is 4.39 Å². The number of nitrogens with zero attached hydrogens (tertiary/aromatic N) is 1. The van der Waals surface area contributed by atoms with Gasteiger partial charge in [0.25, 0.3) is 0 Å². The van der Waals surface area contributed by atoms with Crippen LogP contribution in [0.15, 0.2) is 24.4 Å². The number of halogens is 2. The molecule has 0 aliphatic heterocycles. The van der Waals surface area contributed by atoms with E-state index in [9.17, 15) is 4.39 Å². The van der Waals surface area contributed by atoms with Crippen LogP contribution >= 0.6 is 12.4 Å². The number of hydrogen-bond donors (Lipinski definition) is 1. The van der Waals surface area contributed by atoms with Crippen LogP contribution < -0.4 is 5.73 Å². The fourth-order valence-electron chi connectivity index (χ4n) is 1.80. The molecule has 4 heteroatoms. The van der Waals surface area contributed by atoms with E-state index in [0.717, 1.165) is 22.9 Å². The lowest BCUT2D eigenvalue weighted by Gasteiger charge is -1.96. The van der Waals surface area contributed by atoms with E-state index in [1.54, 1.807) is 12.1 Å². The minimum absolute atomic E-state index is 0. The van der Waals surface area contributed by atoms with Gasteiger partial charge in [0.1, 0.15) is 5.82 Å². The van der Waals surface area contributed by atoms with Crippen molar-refractivity contribution in [1.29, 1.82) is 0 Å². The lowest BCUT2D eigenvalue weighted by molar-refractivity contribution is 0.629. The molecule has 0 saturated heterocycles. The molecular formula is C11H14ClFN2. The van der Waals surface area contributed by atoms with Gasteiger partial charge in [-0.15, -0.1) is 12.4 Å². The zero-order chi connectivity index (χ0) is 10.1. The fourth-order valence-corrected chi connectivity index (χ4v) is 1.80. The lowest BCUT2D eigenvalue weighted by atomic mass is 10.1. The summed E-state index contributed by atoms with van der Waals surface area (Å²) < 4.78 is 15.0. The molecule has 82 valence electrons. The highest BCUT2D eigenvalue weighted by Gasteiger charge is 2.06. The summed E-state index contributed by atoms with van der Waals surface area (Å²) in [6, 6.07) is 4.85. The Bertz CT molecular complexity index is 465. The molecule has 0 aliphatic rings. The molecule has 2 rings (SSSR count). The lowest BCUT2D eigenvalue weighted by Crippen LogP contribution is -2.01. The first-order valence-electron chi connectivity index (χ1n) is 4.66. The molecule has 0 bridgehead atoms. The second-order valence-electron chi connectivity index (χ2n) is 3.47. The van der Waals surface area contributed by atoms with Gasteiger partial charge in [-0.3, -0.25) is 0 Å². The zero-order valence-electron chi connectivity index (χ0n) is 8.53. The highest BCUT2D eigenvalue weighted by molar-refractivity contribution is 5.85. The summed E-state index contributed by atoms with van der Waals surface area (Å²) in [4.78, 5) is 0. The Hall–Kier alpha value is -1.06. The molecule has 0 fully saturated rings. The molecule has 2 nitrogen and oxygen atoms in total. The number of nitrogens with two attached hydrogens (primary N) is 1. The third-order valence-corrected chi connectivity index (χ3v) is 2.45. The molecule has 0 aliphatic carbocycles. The van der Waals surface area contributed by atoms with Crippen LogP contribution in [0.5, 0.6) is 0 Å². The van der Waals surface area contributed by atoms with Gasteiger partial charge in [-0.05, 0) is 36.7 Å². The van der Waals surface area contributed by atoms with E-state index in [2.05, 4.69) is 0 Å². The van der Waals surface area contributed by atoms with E-state index in [4.69, 9.17) is 5.73 Å². The number of aryl methyl sites for hydroxylation is 1. The van der Waals surface area contributed by atoms with Gasteiger partial charge in [-0.1, -0.05) is 0 Å². The Balaban J connectivity index is 0.00000112. The third kappa shape index (κ3) is 2.13. The van der Waals surface area contributed by atoms with E-state index in [0.29, 0.717) is 6.54 Å². The molecule has 0 unspecified atom stereocenters. The van der Waals surface area contributed by atoms with Gasteiger partial charge in [-0.2, -0.15) is 0 Å². The summed E-state index contributed by atoms with van der Waals surface area (Å²) in [5.41, 5.74) is 7.66. The monoisotopic (exact) mass is 228 g/mol. The maximum absolute atomic E-state index is 13.0. The maximum Gasteiger partial charge on any atom is 0.123 e. The largest absolute Gasteiger partial charge is 0.350 e. The van der Waals surface area contributed by atoms with Crippen LogP contribution in [0.4, 0.5) is 4.39 Å². The Morgan fingerprint density at radius 1 is 1.40 bits per heavy atom. The first kappa shape index (κ1) is 12.0. The van der Waals surface area contributed by atoms with Crippen molar-refractivity contribution in [3.05, 3.63) is 35.8 Å². The molecular weight excluding hydrogens is 215 g/mol. The van der Waals surface area contributed by atoms with Gasteiger partial charge in [0.15, 0.2) is 0 Å². The first-order chi connectivity index (χ1) is 6.72. The van der Waals surface area contributed by atoms with Gasteiger partial charge in [0.05, 0.1) is 0 Å². The van der Waals surface area contributed by atoms with E-state index < -0.39 is 0 Å². The van der Waals surface area contributed by atoms with E-state index in [1.165, 1.54) is 6.07 Å². The SMILES string of the molecule is Cl.Cn1cc(CCN)c2cc(F)ccc21. The van der Waals surface area contributed by atoms with Crippen LogP contribution in [0.25, 0.3) is 10.9 Å². The van der Waals surface area contributed by atoms with Gasteiger partial charge in [0, 0.05) is 24.1 Å². The van der Waals surface area contributed by atoms with Crippen molar-refractivity contribution in [1.82, 2.24) is 4.57 Å². The second kappa shape index (κ2) is 4.64. The minimum atomic E-state index is -0.193. The molecule has 2 aromatic rings. The number of benzene rings is 1. The van der Waals surface area contributed by atoms with Crippen LogP contribution in [0.3, 0.4) is 0 Å². The molecule has 15 heavy (non-hydrogen) atoms. The van der Waals surface area contributed by atoms with Crippen LogP contribution in [-0.4, -0.2) is 11.1 Å². The van der Waals surface area contributed by atoms with Crippen molar-refractivity contribution >= 4 is 23.3 Å². The quantitative estimate of drug-likeness (QED) is 0.840. The Labute approximate surface area is 94.3 Å². The number of hydrogen-bond acceptors (Lipinski definition) is 1. The third-order valence-electron chi connectivity index (χ3n) is 2.45. The summed E-state index contributed by atoms with van der Waals surface area (Å²) in [6.07, 6.45) is 2.80. The summed E-state index contributed by atoms with van der Waals surface area (Å²) in [6.45, 7) is 0.593. The molecule has 1 aromatic heterocycles. The number of rotatable bonds is 2. The van der Waals surface area contributed by atoms with Gasteiger partial charge >= 0.3 is 0 Å². The smallest absolute Gasteiger partial charge is 0.123 e. The Kier molecular flexibility index (Phi) is 3.72. The van der Waals surface area contributed by atoms with Crippen LogP contribution in [0, 0.1) is 5.82 Å². The van der Waals surface area contributed by atoms with E-state index in [1.807, 2.05) is 17.8 Å². The molecule has 0 amide bonds. The Morgan fingerprint density at radius 2 is 2.13 bits per heavy atom. The standard InChI is InChI=1S/C11H13FN2.ClH/c1-14-7-8(4-5-13)10-6-9(12)2-3-11(10)14;/h2-3,6-7H,4-5,13H2,1H3;1H. The van der Waals surface area contributed by atoms with Crippen molar-refractivity contribution in [2.45, 2.75) is 6.42 Å². The van der Waals surface area contributed by atoms with Gasteiger partial charge in [-0.25, -0.2) is 4.39 Å². The van der Waals surface area contributed by atoms with Crippen LogP contribution in [-0.2, 0) is 13.5 Å². The molecule has 1 heterocycles. The fraction of sp³-hybridized carbons (Fsp3) is 0.273. The summed E-state index contributed by atoms with van der Waals surface area (Å²) in [5, 5.41) is 0.970. The average molecular weight is 229 g/mol. The highest BCUT2D eigenvalue weighted by atomic mass is 35.5. The first-order valence-corrected chi connectivity index (χ1v) is 4.66. The molecule has 0 spiro atoms. The van der Waals surface area contributed by atoms with Crippen LogP contribution in [0.1, 0.15) is 5.56 Å². The predicted molar refractivity (Wildman–Crippen MR) is 62.9 cm³/mol. The van der Waals surface area contributed by atoms with Crippen molar-refractivity contribution in [3.8, 4) is 0 Å². The Morgan fingerprint density at radius 3 is 2.80 bits per heavy atom. The molecule has 0 radical (unpaired) electrons. The minimum Gasteiger partial charge on any atom is -0.350 e. The van der Waals surface area contributed by atoms with Crippen molar-refractivity contribution in [3.63, 3.8) is 0 Å². The summed E-state index contributed by atoms with van der Waals surface area (Å²) in [7, 11) is 1.96. The molecule has 1 aromatic carbocycles. The van der Waals surface area contributed by atoms with Gasteiger partial charge in [0.2, 0.25) is 0 Å². The van der Waals surface area contributed by atoms with Gasteiger partial charge < -0.3 is 10.3 Å². The van der Waals surface area contributed by atoms with E-state index in [-0.39, 0.29) is 18.2 Å². The topological polar surface area (TPSA) is 30.9 Å². The zero-order valence-corrected chi connectivity index (χ0v) is 9.35. The van der Waals surface area contributed by atoms with Crippen LogP contribution in [0.2, 0.25) is 0 Å². The highest BCUT2D eigenvalue weighted by Crippen LogP contribution is 2.21. The molecule has 2 N–H and O–H groups in total. The summed E-state index contributed by atoms with van der Waals surface area (Å²) >= 11 is 0. The maximum atomic E-state index is 13.0. The molecule has 0 saturated carbocycles. The number of aromatic nitrogens is 1. The van der Waals surface area contributed by atoms with Crippen molar-refractivity contribution in [2.24, 2.45) is 12.8 Å². The second-order valence-corrected chi connectivity index (χ2v) is 3.47. The number of fused-ring (bicyclic) bond motifs is 1. The summed E-state index contributed by atoms with van der Waals surface area (Å²) in [5.74, 6) is -0.193.